The maximum atomic E-state index is 6.22. The molecule has 0 radical (unpaired) electrons. The first-order valence-corrected chi connectivity index (χ1v) is 12.4. The molecule has 0 saturated heterocycles. The molecular formula is C28H36ClN. The molecule has 4 atom stereocenters. The van der Waals surface area contributed by atoms with E-state index in [1.165, 1.54) is 50.5 Å². The Morgan fingerprint density at radius 3 is 2.27 bits per heavy atom. The van der Waals surface area contributed by atoms with E-state index in [0.29, 0.717) is 22.9 Å². The molecule has 1 nitrogen and oxygen atoms in total. The summed E-state index contributed by atoms with van der Waals surface area (Å²) in [5, 5.41) is 4.93. The molecule has 0 heterocycles. The van der Waals surface area contributed by atoms with Gasteiger partial charge in [0.2, 0.25) is 0 Å². The Balaban J connectivity index is 1.30. The van der Waals surface area contributed by atoms with Gasteiger partial charge in [0.25, 0.3) is 0 Å². The van der Waals surface area contributed by atoms with Crippen LogP contribution in [0.5, 0.6) is 0 Å². The fourth-order valence-electron chi connectivity index (χ4n) is 7.70. The van der Waals surface area contributed by atoms with Gasteiger partial charge in [0, 0.05) is 17.1 Å². The van der Waals surface area contributed by atoms with E-state index in [1.807, 2.05) is 0 Å². The topological polar surface area (TPSA) is 12.0 Å². The second-order valence-electron chi connectivity index (χ2n) is 10.9. The first-order chi connectivity index (χ1) is 14.5. The molecule has 6 rings (SSSR count). The zero-order valence-electron chi connectivity index (χ0n) is 18.5. The molecule has 2 aromatic rings. The molecule has 0 aliphatic heterocycles. The predicted octanol–water partition coefficient (Wildman–Crippen LogP) is 7.18. The van der Waals surface area contributed by atoms with E-state index in [2.05, 4.69) is 73.8 Å². The fraction of sp³-hybridized carbons (Fsp3) is 0.571. The molecule has 4 aliphatic carbocycles. The van der Waals surface area contributed by atoms with Crippen LogP contribution in [0.15, 0.2) is 54.6 Å². The Bertz CT molecular complexity index is 844. The molecule has 30 heavy (non-hydrogen) atoms. The Hall–Kier alpha value is -1.31. The summed E-state index contributed by atoms with van der Waals surface area (Å²) in [5.41, 5.74) is 3.85. The van der Waals surface area contributed by atoms with Crippen molar-refractivity contribution in [2.45, 2.75) is 82.7 Å². The van der Waals surface area contributed by atoms with E-state index in [0.717, 1.165) is 23.3 Å². The first-order valence-electron chi connectivity index (χ1n) is 12.0. The van der Waals surface area contributed by atoms with Gasteiger partial charge >= 0.3 is 0 Å². The summed E-state index contributed by atoms with van der Waals surface area (Å²) >= 11 is 6.22. The average Bonchev–Trinajstić information content (AvgIpc) is 2.72. The smallest absolute Gasteiger partial charge is 0.0406 e. The zero-order valence-corrected chi connectivity index (χ0v) is 19.3. The Morgan fingerprint density at radius 1 is 0.933 bits per heavy atom. The highest BCUT2D eigenvalue weighted by atomic mass is 35.5. The van der Waals surface area contributed by atoms with Crippen molar-refractivity contribution >= 4 is 11.6 Å². The molecule has 4 fully saturated rings. The summed E-state index contributed by atoms with van der Waals surface area (Å²) < 4.78 is 0. The molecule has 2 aromatic carbocycles. The highest BCUT2D eigenvalue weighted by Gasteiger charge is 2.59. The molecule has 4 aliphatic rings. The van der Waals surface area contributed by atoms with Crippen molar-refractivity contribution in [2.75, 3.05) is 0 Å². The molecule has 4 unspecified atom stereocenters. The van der Waals surface area contributed by atoms with Gasteiger partial charge in [0.1, 0.15) is 0 Å². The number of rotatable bonds is 7. The lowest BCUT2D eigenvalue weighted by Gasteiger charge is -2.64. The number of benzene rings is 2. The maximum absolute atomic E-state index is 6.22. The van der Waals surface area contributed by atoms with Crippen LogP contribution in [-0.4, -0.2) is 12.1 Å². The minimum Gasteiger partial charge on any atom is -0.311 e. The van der Waals surface area contributed by atoms with Crippen LogP contribution in [0.1, 0.15) is 69.9 Å². The van der Waals surface area contributed by atoms with Crippen molar-refractivity contribution in [3.05, 3.63) is 70.7 Å². The highest BCUT2D eigenvalue weighted by Crippen LogP contribution is 2.66. The molecular weight excluding hydrogens is 386 g/mol. The van der Waals surface area contributed by atoms with Crippen molar-refractivity contribution in [2.24, 2.45) is 17.3 Å². The third-order valence-electron chi connectivity index (χ3n) is 8.72. The molecule has 0 amide bonds. The summed E-state index contributed by atoms with van der Waals surface area (Å²) in [4.78, 5) is 0. The van der Waals surface area contributed by atoms with E-state index in [9.17, 15) is 0 Å². The minimum atomic E-state index is 0.387. The number of hydrogen-bond donors (Lipinski definition) is 1. The van der Waals surface area contributed by atoms with Crippen LogP contribution in [0.25, 0.3) is 0 Å². The van der Waals surface area contributed by atoms with Crippen molar-refractivity contribution in [3.8, 4) is 0 Å². The van der Waals surface area contributed by atoms with Crippen LogP contribution in [0.3, 0.4) is 0 Å². The average molecular weight is 422 g/mol. The second-order valence-corrected chi connectivity index (χ2v) is 11.4. The predicted molar refractivity (Wildman–Crippen MR) is 127 cm³/mol. The van der Waals surface area contributed by atoms with E-state index in [1.54, 1.807) is 5.56 Å². The molecule has 160 valence electrons. The monoisotopic (exact) mass is 421 g/mol. The number of hydrogen-bond acceptors (Lipinski definition) is 1. The van der Waals surface area contributed by atoms with Crippen LogP contribution < -0.4 is 5.32 Å². The van der Waals surface area contributed by atoms with Crippen LogP contribution in [0.2, 0.25) is 5.02 Å². The molecule has 4 saturated carbocycles. The Kier molecular flexibility index (Phi) is 5.48. The number of aryl methyl sites for hydroxylation is 1. The summed E-state index contributed by atoms with van der Waals surface area (Å²) in [6.45, 7) is 4.87. The van der Waals surface area contributed by atoms with Gasteiger partial charge in [-0.1, -0.05) is 54.1 Å². The quantitative estimate of drug-likeness (QED) is 0.499. The van der Waals surface area contributed by atoms with Crippen molar-refractivity contribution in [1.82, 2.24) is 5.32 Å². The number of halogens is 1. The Labute approximate surface area is 187 Å². The minimum absolute atomic E-state index is 0.387. The van der Waals surface area contributed by atoms with Gasteiger partial charge in [-0.25, -0.2) is 0 Å². The zero-order chi connectivity index (χ0) is 20.8. The third kappa shape index (κ3) is 3.84. The summed E-state index contributed by atoms with van der Waals surface area (Å²) in [6.07, 6.45) is 10.8. The van der Waals surface area contributed by atoms with E-state index >= 15 is 0 Å². The van der Waals surface area contributed by atoms with Gasteiger partial charge in [-0.15, -0.1) is 0 Å². The molecule has 1 N–H and O–H groups in total. The van der Waals surface area contributed by atoms with Gasteiger partial charge in [-0.2, -0.15) is 0 Å². The lowest BCUT2D eigenvalue weighted by Crippen LogP contribution is -2.60. The summed E-state index contributed by atoms with van der Waals surface area (Å²) in [5.74, 6) is 1.82. The van der Waals surface area contributed by atoms with Crippen LogP contribution in [0.4, 0.5) is 0 Å². The lowest BCUT2D eigenvalue weighted by atomic mass is 9.41. The van der Waals surface area contributed by atoms with Gasteiger partial charge in [0.05, 0.1) is 0 Å². The van der Waals surface area contributed by atoms with Gasteiger partial charge in [-0.3, -0.25) is 0 Å². The van der Waals surface area contributed by atoms with Crippen molar-refractivity contribution in [1.29, 1.82) is 0 Å². The van der Waals surface area contributed by atoms with E-state index < -0.39 is 0 Å². The second kappa shape index (κ2) is 7.99. The SMILES string of the molecule is CC(CCc1ccccc1)NC(C)C12CC3CC(CC(c4ccc(Cl)cc4)(C3)C1)C2. The van der Waals surface area contributed by atoms with Gasteiger partial charge < -0.3 is 5.32 Å². The van der Waals surface area contributed by atoms with Gasteiger partial charge in [0.15, 0.2) is 0 Å². The molecule has 0 aromatic heterocycles. The third-order valence-corrected chi connectivity index (χ3v) is 8.98. The van der Waals surface area contributed by atoms with Crippen molar-refractivity contribution < 1.29 is 0 Å². The molecule has 0 spiro atoms. The highest BCUT2D eigenvalue weighted by molar-refractivity contribution is 6.30. The first kappa shape index (κ1) is 20.6. The van der Waals surface area contributed by atoms with Crippen molar-refractivity contribution in [3.63, 3.8) is 0 Å². The van der Waals surface area contributed by atoms with Crippen LogP contribution in [-0.2, 0) is 11.8 Å². The normalized spacial score (nSPS) is 34.1. The van der Waals surface area contributed by atoms with Crippen LogP contribution in [0, 0.1) is 17.3 Å². The lowest BCUT2D eigenvalue weighted by molar-refractivity contribution is -0.0894. The van der Waals surface area contributed by atoms with Gasteiger partial charge in [-0.05, 0) is 111 Å². The van der Waals surface area contributed by atoms with Crippen LogP contribution >= 0.6 is 11.6 Å². The standard InChI is InChI=1S/C28H36ClN/c1-20(8-9-22-6-4-3-5-7-22)30-21(2)27-15-23-14-24(16-27)18-28(17-23,19-27)25-10-12-26(29)13-11-25/h3-7,10-13,20-21,23-24,30H,8-9,14-19H2,1-2H3. The summed E-state index contributed by atoms with van der Waals surface area (Å²) in [7, 11) is 0. The van der Waals surface area contributed by atoms with E-state index in [4.69, 9.17) is 11.6 Å². The molecule has 2 heteroatoms. The summed E-state index contributed by atoms with van der Waals surface area (Å²) in [6, 6.07) is 20.9. The number of nitrogens with one attached hydrogen (secondary N) is 1. The largest absolute Gasteiger partial charge is 0.311 e. The Morgan fingerprint density at radius 2 is 1.60 bits per heavy atom. The van der Waals surface area contributed by atoms with E-state index in [-0.39, 0.29) is 0 Å². The fourth-order valence-corrected chi connectivity index (χ4v) is 7.82. The molecule has 4 bridgehead atoms. The maximum Gasteiger partial charge on any atom is 0.0406 e.